The van der Waals surface area contributed by atoms with E-state index in [1.54, 1.807) is 12.1 Å². The van der Waals surface area contributed by atoms with Crippen LogP contribution in [0.5, 0.6) is 0 Å². The second kappa shape index (κ2) is 6.89. The van der Waals surface area contributed by atoms with Crippen LogP contribution in [-0.2, 0) is 6.54 Å². The van der Waals surface area contributed by atoms with Crippen molar-refractivity contribution in [2.45, 2.75) is 19.5 Å². The fourth-order valence-corrected chi connectivity index (χ4v) is 3.65. The first-order chi connectivity index (χ1) is 12.6. The number of urea groups is 1. The molecule has 0 saturated carbocycles. The first kappa shape index (κ1) is 16.7. The highest BCUT2D eigenvalue weighted by molar-refractivity contribution is 6.30. The summed E-state index contributed by atoms with van der Waals surface area (Å²) in [4.78, 5) is 14.9. The fraction of sp³-hybridized carbons (Fsp3) is 0.190. The van der Waals surface area contributed by atoms with E-state index in [4.69, 9.17) is 11.6 Å². The van der Waals surface area contributed by atoms with Crippen LogP contribution in [0.15, 0.2) is 66.9 Å². The molecule has 26 heavy (non-hydrogen) atoms. The summed E-state index contributed by atoms with van der Waals surface area (Å²) in [7, 11) is 0. The average molecular weight is 366 g/mol. The minimum atomic E-state index is -0.120. The molecule has 1 atom stereocenters. The third-order valence-electron chi connectivity index (χ3n) is 4.77. The van der Waals surface area contributed by atoms with E-state index in [1.165, 1.54) is 5.56 Å². The monoisotopic (exact) mass is 365 g/mol. The van der Waals surface area contributed by atoms with Gasteiger partial charge < -0.3 is 14.8 Å². The number of benzene rings is 2. The Morgan fingerprint density at radius 2 is 1.88 bits per heavy atom. The summed E-state index contributed by atoms with van der Waals surface area (Å²) in [5.74, 6) is 0. The first-order valence-electron chi connectivity index (χ1n) is 8.66. The number of aryl methyl sites for hydroxylation is 1. The van der Waals surface area contributed by atoms with Crippen LogP contribution in [0.4, 0.5) is 10.5 Å². The molecule has 0 bridgehead atoms. The topological polar surface area (TPSA) is 37.3 Å². The number of carbonyl (C=O) groups is 1. The molecule has 132 valence electrons. The molecule has 1 aromatic heterocycles. The zero-order valence-electron chi connectivity index (χ0n) is 14.5. The molecule has 0 saturated heterocycles. The van der Waals surface area contributed by atoms with Crippen LogP contribution in [0.25, 0.3) is 0 Å². The number of anilines is 1. The third kappa shape index (κ3) is 3.20. The molecule has 1 unspecified atom stereocenters. The number of amides is 2. The highest BCUT2D eigenvalue weighted by Gasteiger charge is 2.32. The van der Waals surface area contributed by atoms with E-state index in [9.17, 15) is 4.79 Å². The van der Waals surface area contributed by atoms with Crippen molar-refractivity contribution in [3.05, 3.63) is 88.7 Å². The van der Waals surface area contributed by atoms with Gasteiger partial charge in [0.25, 0.3) is 0 Å². The van der Waals surface area contributed by atoms with Crippen LogP contribution in [-0.4, -0.2) is 22.0 Å². The molecule has 3 aromatic rings. The van der Waals surface area contributed by atoms with Crippen LogP contribution >= 0.6 is 11.6 Å². The summed E-state index contributed by atoms with van der Waals surface area (Å²) >= 11 is 6.04. The number of halogens is 1. The summed E-state index contributed by atoms with van der Waals surface area (Å²) in [6.07, 6.45) is 2.07. The van der Waals surface area contributed by atoms with Crippen molar-refractivity contribution < 1.29 is 4.79 Å². The molecule has 0 radical (unpaired) electrons. The largest absolute Gasteiger partial charge is 0.348 e. The summed E-state index contributed by atoms with van der Waals surface area (Å²) < 4.78 is 2.22. The van der Waals surface area contributed by atoms with E-state index < -0.39 is 0 Å². The SMILES string of the molecule is Cc1ccc(C2c3cccn3CCN2C(=O)Nc2cccc(Cl)c2)cc1. The molecule has 0 spiro atoms. The van der Waals surface area contributed by atoms with Gasteiger partial charge >= 0.3 is 6.03 Å². The number of rotatable bonds is 2. The predicted octanol–water partition coefficient (Wildman–Crippen LogP) is 5.09. The van der Waals surface area contributed by atoms with Gasteiger partial charge in [-0.05, 0) is 42.8 Å². The molecular weight excluding hydrogens is 346 g/mol. The lowest BCUT2D eigenvalue weighted by Gasteiger charge is -2.37. The molecule has 1 N–H and O–H groups in total. The number of nitrogens with one attached hydrogen (secondary N) is 1. The second-order valence-corrected chi connectivity index (χ2v) is 7.01. The Bertz CT molecular complexity index is 932. The Morgan fingerprint density at radius 3 is 2.65 bits per heavy atom. The number of hydrogen-bond donors (Lipinski definition) is 1. The third-order valence-corrected chi connectivity index (χ3v) is 5.00. The molecule has 2 heterocycles. The maximum absolute atomic E-state index is 13.0. The number of nitrogens with zero attached hydrogens (tertiary/aromatic N) is 2. The van der Waals surface area contributed by atoms with E-state index >= 15 is 0 Å². The smallest absolute Gasteiger partial charge is 0.322 e. The van der Waals surface area contributed by atoms with E-state index in [-0.39, 0.29) is 12.1 Å². The summed E-state index contributed by atoms with van der Waals surface area (Å²) in [5, 5.41) is 3.58. The van der Waals surface area contributed by atoms with Gasteiger partial charge in [-0.3, -0.25) is 0 Å². The average Bonchev–Trinajstić information content (AvgIpc) is 3.10. The molecular formula is C21H20ClN3O. The molecule has 4 nitrogen and oxygen atoms in total. The van der Waals surface area contributed by atoms with Crippen molar-refractivity contribution in [2.75, 3.05) is 11.9 Å². The Balaban J connectivity index is 1.67. The lowest BCUT2D eigenvalue weighted by atomic mass is 9.99. The van der Waals surface area contributed by atoms with E-state index in [0.29, 0.717) is 17.3 Å². The zero-order valence-corrected chi connectivity index (χ0v) is 15.3. The van der Waals surface area contributed by atoms with Crippen LogP contribution in [0.3, 0.4) is 0 Å². The second-order valence-electron chi connectivity index (χ2n) is 6.57. The van der Waals surface area contributed by atoms with Crippen LogP contribution in [0.2, 0.25) is 5.02 Å². The normalized spacial score (nSPS) is 16.2. The van der Waals surface area contributed by atoms with E-state index in [2.05, 4.69) is 53.3 Å². The van der Waals surface area contributed by atoms with Crippen molar-refractivity contribution in [3.8, 4) is 0 Å². The molecule has 2 amide bonds. The minimum Gasteiger partial charge on any atom is -0.348 e. The fourth-order valence-electron chi connectivity index (χ4n) is 3.46. The van der Waals surface area contributed by atoms with Gasteiger partial charge in [0.2, 0.25) is 0 Å². The highest BCUT2D eigenvalue weighted by Crippen LogP contribution is 2.33. The maximum Gasteiger partial charge on any atom is 0.322 e. The number of fused-ring (bicyclic) bond motifs is 1. The molecule has 0 aliphatic carbocycles. The highest BCUT2D eigenvalue weighted by atomic mass is 35.5. The molecule has 0 fully saturated rings. The van der Waals surface area contributed by atoms with Crippen molar-refractivity contribution >= 4 is 23.3 Å². The molecule has 2 aromatic carbocycles. The van der Waals surface area contributed by atoms with Crippen molar-refractivity contribution in [3.63, 3.8) is 0 Å². The van der Waals surface area contributed by atoms with Crippen molar-refractivity contribution in [1.82, 2.24) is 9.47 Å². The maximum atomic E-state index is 13.0. The molecule has 1 aliphatic rings. The van der Waals surface area contributed by atoms with Crippen LogP contribution < -0.4 is 5.32 Å². The van der Waals surface area contributed by atoms with Gasteiger partial charge in [0, 0.05) is 35.7 Å². The van der Waals surface area contributed by atoms with Gasteiger partial charge in [0.05, 0.1) is 6.04 Å². The number of hydrogen-bond acceptors (Lipinski definition) is 1. The van der Waals surface area contributed by atoms with Gasteiger partial charge in [-0.1, -0.05) is 47.5 Å². The standard InChI is InChI=1S/C21H20ClN3O/c1-15-7-9-16(10-8-15)20-19-6-3-11-24(19)12-13-25(20)21(26)23-18-5-2-4-17(22)14-18/h2-11,14,20H,12-13H2,1H3,(H,23,26). The summed E-state index contributed by atoms with van der Waals surface area (Å²) in [6, 6.07) is 19.5. The lowest BCUT2D eigenvalue weighted by molar-refractivity contribution is 0.182. The van der Waals surface area contributed by atoms with E-state index in [0.717, 1.165) is 17.8 Å². The summed E-state index contributed by atoms with van der Waals surface area (Å²) in [6.45, 7) is 3.50. The Kier molecular flexibility index (Phi) is 4.43. The van der Waals surface area contributed by atoms with Gasteiger partial charge in [-0.15, -0.1) is 0 Å². The van der Waals surface area contributed by atoms with E-state index in [1.807, 2.05) is 23.1 Å². The van der Waals surface area contributed by atoms with Crippen molar-refractivity contribution in [1.29, 1.82) is 0 Å². The van der Waals surface area contributed by atoms with Gasteiger partial charge in [0.1, 0.15) is 0 Å². The molecule has 1 aliphatic heterocycles. The van der Waals surface area contributed by atoms with Gasteiger partial charge in [-0.2, -0.15) is 0 Å². The minimum absolute atomic E-state index is 0.112. The van der Waals surface area contributed by atoms with Crippen LogP contribution in [0.1, 0.15) is 22.9 Å². The molecule has 4 rings (SSSR count). The van der Waals surface area contributed by atoms with Gasteiger partial charge in [-0.25, -0.2) is 4.79 Å². The Hall–Kier alpha value is -2.72. The Morgan fingerprint density at radius 1 is 1.08 bits per heavy atom. The predicted molar refractivity (Wildman–Crippen MR) is 105 cm³/mol. The number of aromatic nitrogens is 1. The van der Waals surface area contributed by atoms with Crippen molar-refractivity contribution in [2.24, 2.45) is 0 Å². The molecule has 5 heteroatoms. The Labute approximate surface area is 158 Å². The zero-order chi connectivity index (χ0) is 18.1. The summed E-state index contributed by atoms with van der Waals surface area (Å²) in [5.41, 5.74) is 4.14. The van der Waals surface area contributed by atoms with Crippen LogP contribution in [0, 0.1) is 6.92 Å². The first-order valence-corrected chi connectivity index (χ1v) is 9.04. The van der Waals surface area contributed by atoms with Gasteiger partial charge in [0.15, 0.2) is 0 Å². The quantitative estimate of drug-likeness (QED) is 0.675. The number of carbonyl (C=O) groups excluding carboxylic acids is 1. The lowest BCUT2D eigenvalue weighted by Crippen LogP contribution is -2.44.